The average molecular weight is 277 g/mol. The lowest BCUT2D eigenvalue weighted by Crippen LogP contribution is -2.34. The Balaban J connectivity index is 2.79. The summed E-state index contributed by atoms with van der Waals surface area (Å²) in [4.78, 5) is -0.298. The molecule has 17 heavy (non-hydrogen) atoms. The Hall–Kier alpha value is -0.590. The fourth-order valence-corrected chi connectivity index (χ4v) is 3.42. The van der Waals surface area contributed by atoms with Gasteiger partial charge in [-0.05, 0) is 24.8 Å². The average Bonchev–Trinajstić information content (AvgIpc) is 2.26. The van der Waals surface area contributed by atoms with E-state index in [0.29, 0.717) is 5.75 Å². The van der Waals surface area contributed by atoms with Crippen LogP contribution in [0.3, 0.4) is 0 Å². The topological polar surface area (TPSA) is 46.2 Å². The van der Waals surface area contributed by atoms with E-state index in [9.17, 15) is 12.8 Å². The first-order chi connectivity index (χ1) is 7.97. The maximum absolute atomic E-state index is 13.4. The maximum atomic E-state index is 13.4. The zero-order chi connectivity index (χ0) is 12.9. The molecular weight excluding hydrogens is 261 g/mol. The third-order valence-electron chi connectivity index (χ3n) is 2.05. The highest BCUT2D eigenvalue weighted by molar-refractivity contribution is 7.99. The second-order valence-electron chi connectivity index (χ2n) is 3.61. The van der Waals surface area contributed by atoms with E-state index in [4.69, 9.17) is 0 Å². The summed E-state index contributed by atoms with van der Waals surface area (Å²) in [7, 11) is -3.76. The van der Waals surface area contributed by atoms with Crippen molar-refractivity contribution in [2.45, 2.75) is 24.8 Å². The molecule has 0 aliphatic rings. The van der Waals surface area contributed by atoms with Gasteiger partial charge in [-0.25, -0.2) is 17.5 Å². The molecule has 6 heteroatoms. The van der Waals surface area contributed by atoms with E-state index in [2.05, 4.69) is 4.72 Å². The zero-order valence-electron chi connectivity index (χ0n) is 9.81. The van der Waals surface area contributed by atoms with Gasteiger partial charge in [-0.1, -0.05) is 19.1 Å². The van der Waals surface area contributed by atoms with Crippen molar-refractivity contribution in [1.29, 1.82) is 0 Å². The molecule has 0 saturated heterocycles. The molecular formula is C11H16FNO2S2. The molecule has 0 aliphatic carbocycles. The Kier molecular flexibility index (Phi) is 5.42. The molecule has 0 bridgehead atoms. The van der Waals surface area contributed by atoms with Gasteiger partial charge in [0, 0.05) is 11.8 Å². The van der Waals surface area contributed by atoms with E-state index in [1.165, 1.54) is 18.2 Å². The number of hydrogen-bond acceptors (Lipinski definition) is 3. The number of benzene rings is 1. The van der Waals surface area contributed by atoms with Crippen LogP contribution in [0.4, 0.5) is 4.39 Å². The van der Waals surface area contributed by atoms with Crippen LogP contribution in [0, 0.1) is 5.82 Å². The number of rotatable bonds is 6. The van der Waals surface area contributed by atoms with E-state index in [-0.39, 0.29) is 10.9 Å². The molecule has 0 radical (unpaired) electrons. The summed E-state index contributed by atoms with van der Waals surface area (Å²) in [5.41, 5.74) is 0. The van der Waals surface area contributed by atoms with Gasteiger partial charge in [0.2, 0.25) is 10.0 Å². The van der Waals surface area contributed by atoms with Crippen molar-refractivity contribution in [3.05, 3.63) is 30.1 Å². The van der Waals surface area contributed by atoms with E-state index >= 15 is 0 Å². The summed E-state index contributed by atoms with van der Waals surface area (Å²) in [6.45, 7) is 3.77. The summed E-state index contributed by atoms with van der Waals surface area (Å²) in [5, 5.41) is 0. The van der Waals surface area contributed by atoms with Gasteiger partial charge < -0.3 is 0 Å². The van der Waals surface area contributed by atoms with Crippen molar-refractivity contribution in [2.75, 3.05) is 11.5 Å². The number of halogens is 1. The fraction of sp³-hybridized carbons (Fsp3) is 0.455. The highest BCUT2D eigenvalue weighted by Gasteiger charge is 2.20. The largest absolute Gasteiger partial charge is 0.243 e. The van der Waals surface area contributed by atoms with Crippen LogP contribution < -0.4 is 4.72 Å². The SMILES string of the molecule is CCSCC(C)NS(=O)(=O)c1ccccc1F. The van der Waals surface area contributed by atoms with Crippen molar-refractivity contribution in [3.63, 3.8) is 0 Å². The zero-order valence-corrected chi connectivity index (χ0v) is 11.4. The lowest BCUT2D eigenvalue weighted by atomic mass is 10.4. The van der Waals surface area contributed by atoms with Crippen LogP contribution in [-0.2, 0) is 10.0 Å². The predicted octanol–water partition coefficient (Wildman–Crippen LogP) is 2.25. The van der Waals surface area contributed by atoms with Crippen LogP contribution >= 0.6 is 11.8 Å². The molecule has 1 rings (SSSR count). The minimum atomic E-state index is -3.76. The quantitative estimate of drug-likeness (QED) is 0.867. The molecule has 96 valence electrons. The van der Waals surface area contributed by atoms with E-state index in [0.717, 1.165) is 11.8 Å². The van der Waals surface area contributed by atoms with Crippen molar-refractivity contribution in [1.82, 2.24) is 4.72 Å². The lowest BCUT2D eigenvalue weighted by Gasteiger charge is -2.13. The van der Waals surface area contributed by atoms with Gasteiger partial charge in [-0.15, -0.1) is 0 Å². The summed E-state index contributed by atoms with van der Waals surface area (Å²) in [6, 6.07) is 5.15. The highest BCUT2D eigenvalue weighted by atomic mass is 32.2. The van der Waals surface area contributed by atoms with Gasteiger partial charge >= 0.3 is 0 Å². The smallest absolute Gasteiger partial charge is 0.207 e. The first kappa shape index (κ1) is 14.5. The molecule has 0 aromatic heterocycles. The summed E-state index contributed by atoms with van der Waals surface area (Å²) in [6.07, 6.45) is 0. The predicted molar refractivity (Wildman–Crippen MR) is 69.2 cm³/mol. The molecule has 0 fully saturated rings. The number of nitrogens with one attached hydrogen (secondary N) is 1. The van der Waals surface area contributed by atoms with E-state index in [1.807, 2.05) is 6.92 Å². The minimum Gasteiger partial charge on any atom is -0.207 e. The molecule has 1 N–H and O–H groups in total. The Morgan fingerprint density at radius 2 is 2.06 bits per heavy atom. The van der Waals surface area contributed by atoms with Crippen molar-refractivity contribution in [2.24, 2.45) is 0 Å². The molecule has 0 aliphatic heterocycles. The van der Waals surface area contributed by atoms with Gasteiger partial charge in [0.25, 0.3) is 0 Å². The van der Waals surface area contributed by atoms with E-state index in [1.54, 1.807) is 18.7 Å². The summed E-state index contributed by atoms with van der Waals surface area (Å²) >= 11 is 1.64. The molecule has 1 aromatic carbocycles. The standard InChI is InChI=1S/C11H16FNO2S2/c1-3-16-8-9(2)13-17(14,15)11-7-5-4-6-10(11)12/h4-7,9,13H,3,8H2,1-2H3. The summed E-state index contributed by atoms with van der Waals surface area (Å²) < 4.78 is 39.6. The Morgan fingerprint density at radius 1 is 1.41 bits per heavy atom. The third kappa shape index (κ3) is 4.29. The first-order valence-electron chi connectivity index (χ1n) is 5.32. The Labute approximate surface area is 106 Å². The number of sulfonamides is 1. The van der Waals surface area contributed by atoms with Crippen LogP contribution in [0.2, 0.25) is 0 Å². The lowest BCUT2D eigenvalue weighted by molar-refractivity contribution is 0.550. The molecule has 3 nitrogen and oxygen atoms in total. The second-order valence-corrected chi connectivity index (χ2v) is 6.61. The first-order valence-corrected chi connectivity index (χ1v) is 7.95. The molecule has 1 aromatic rings. The molecule has 0 amide bonds. The fourth-order valence-electron chi connectivity index (χ4n) is 1.32. The van der Waals surface area contributed by atoms with Crippen LogP contribution in [0.5, 0.6) is 0 Å². The highest BCUT2D eigenvalue weighted by Crippen LogP contribution is 2.14. The minimum absolute atomic E-state index is 0.218. The van der Waals surface area contributed by atoms with Gasteiger partial charge in [0.15, 0.2) is 0 Å². The second kappa shape index (κ2) is 6.37. The molecule has 1 atom stereocenters. The van der Waals surface area contributed by atoms with Crippen molar-refractivity contribution in [3.8, 4) is 0 Å². The van der Waals surface area contributed by atoms with Gasteiger partial charge in [-0.2, -0.15) is 11.8 Å². The molecule has 0 spiro atoms. The van der Waals surface area contributed by atoms with Crippen molar-refractivity contribution >= 4 is 21.8 Å². The van der Waals surface area contributed by atoms with Gasteiger partial charge in [-0.3, -0.25) is 0 Å². The number of thioether (sulfide) groups is 1. The normalized spacial score (nSPS) is 13.6. The van der Waals surface area contributed by atoms with Gasteiger partial charge in [0.1, 0.15) is 10.7 Å². The Bertz CT molecular complexity index is 462. The monoisotopic (exact) mass is 277 g/mol. The van der Waals surface area contributed by atoms with E-state index < -0.39 is 15.8 Å². The molecule has 0 saturated carbocycles. The Morgan fingerprint density at radius 3 is 2.65 bits per heavy atom. The van der Waals surface area contributed by atoms with Crippen LogP contribution in [0.15, 0.2) is 29.2 Å². The number of hydrogen-bond donors (Lipinski definition) is 1. The molecule has 0 heterocycles. The van der Waals surface area contributed by atoms with Crippen LogP contribution in [-0.4, -0.2) is 26.0 Å². The molecule has 1 unspecified atom stereocenters. The van der Waals surface area contributed by atoms with Crippen LogP contribution in [0.25, 0.3) is 0 Å². The summed E-state index contributed by atoms with van der Waals surface area (Å²) in [5.74, 6) is 0.867. The van der Waals surface area contributed by atoms with Gasteiger partial charge in [0.05, 0.1) is 0 Å². The van der Waals surface area contributed by atoms with Crippen molar-refractivity contribution < 1.29 is 12.8 Å². The maximum Gasteiger partial charge on any atom is 0.243 e. The van der Waals surface area contributed by atoms with Crippen LogP contribution in [0.1, 0.15) is 13.8 Å². The third-order valence-corrected chi connectivity index (χ3v) is 4.82.